The van der Waals surface area contributed by atoms with Gasteiger partial charge in [0.05, 0.1) is 6.20 Å². The summed E-state index contributed by atoms with van der Waals surface area (Å²) >= 11 is 0. The minimum atomic E-state index is -0.455. The van der Waals surface area contributed by atoms with Gasteiger partial charge in [-0.05, 0) is 46.5 Å². The average molecular weight is 422 g/mol. The van der Waals surface area contributed by atoms with Crippen molar-refractivity contribution < 1.29 is 13.9 Å². The number of ether oxygens (including phenoxy) is 1. The van der Waals surface area contributed by atoms with Crippen LogP contribution in [0.25, 0.3) is 0 Å². The highest BCUT2D eigenvalue weighted by atomic mass is 16.6. The van der Waals surface area contributed by atoms with Crippen LogP contribution in [0.3, 0.4) is 0 Å². The number of hydrogen-bond acceptors (Lipinski definition) is 5. The number of aliphatic imine (C=N–C) groups is 1. The summed E-state index contributed by atoms with van der Waals surface area (Å²) < 4.78 is 11.3. The van der Waals surface area contributed by atoms with Crippen molar-refractivity contribution in [1.29, 1.82) is 0 Å². The van der Waals surface area contributed by atoms with Crippen molar-refractivity contribution >= 4 is 12.1 Å². The molecule has 1 saturated heterocycles. The van der Waals surface area contributed by atoms with Crippen LogP contribution in [-0.4, -0.2) is 53.7 Å². The lowest BCUT2D eigenvalue weighted by atomic mass is 9.94. The monoisotopic (exact) mass is 421 g/mol. The number of piperidine rings is 1. The van der Waals surface area contributed by atoms with Gasteiger partial charge in [0, 0.05) is 31.6 Å². The van der Waals surface area contributed by atoms with E-state index in [2.05, 4.69) is 41.4 Å². The second kappa shape index (κ2) is 10.2. The van der Waals surface area contributed by atoms with Crippen molar-refractivity contribution in [3.05, 3.63) is 17.8 Å². The Kier molecular flexibility index (Phi) is 8.15. The van der Waals surface area contributed by atoms with Crippen LogP contribution in [0.4, 0.5) is 4.79 Å². The summed E-state index contributed by atoms with van der Waals surface area (Å²) in [7, 11) is 0. The maximum absolute atomic E-state index is 12.2. The normalized spacial score (nSPS) is 16.5. The summed E-state index contributed by atoms with van der Waals surface area (Å²) in [6, 6.07) is 0. The smallest absolute Gasteiger partial charge is 0.410 e. The van der Waals surface area contributed by atoms with E-state index in [1.54, 1.807) is 11.1 Å². The molecule has 1 aromatic rings. The first-order valence-corrected chi connectivity index (χ1v) is 10.9. The molecule has 1 aliphatic heterocycles. The topological polar surface area (TPSA) is 92.0 Å². The predicted octanol–water partition coefficient (Wildman–Crippen LogP) is 3.67. The van der Waals surface area contributed by atoms with Crippen LogP contribution in [0.5, 0.6) is 0 Å². The van der Waals surface area contributed by atoms with Crippen molar-refractivity contribution in [3.63, 3.8) is 0 Å². The molecule has 30 heavy (non-hydrogen) atoms. The van der Waals surface area contributed by atoms with Gasteiger partial charge >= 0.3 is 6.09 Å². The van der Waals surface area contributed by atoms with Gasteiger partial charge in [-0.3, -0.25) is 0 Å². The zero-order valence-electron chi connectivity index (χ0n) is 19.7. The molecule has 0 aromatic carbocycles. The summed E-state index contributed by atoms with van der Waals surface area (Å²) in [6.07, 6.45) is 3.45. The largest absolute Gasteiger partial charge is 0.444 e. The number of carbonyl (C=O) groups excluding carboxylic acids is 1. The molecular formula is C22H39N5O3. The number of rotatable bonds is 5. The maximum Gasteiger partial charge on any atom is 0.410 e. The molecule has 0 radical (unpaired) electrons. The molecule has 1 fully saturated rings. The van der Waals surface area contributed by atoms with Gasteiger partial charge in [0.2, 0.25) is 5.89 Å². The predicted molar refractivity (Wildman–Crippen MR) is 119 cm³/mol. The second-order valence-corrected chi connectivity index (χ2v) is 9.86. The fourth-order valence-corrected chi connectivity index (χ4v) is 3.11. The number of guanidine groups is 1. The summed E-state index contributed by atoms with van der Waals surface area (Å²) in [5.41, 5.74) is -0.519. The lowest BCUT2D eigenvalue weighted by molar-refractivity contribution is 0.0185. The van der Waals surface area contributed by atoms with E-state index in [4.69, 9.17) is 9.15 Å². The minimum absolute atomic E-state index is 0.0636. The molecule has 0 spiro atoms. The summed E-state index contributed by atoms with van der Waals surface area (Å²) in [4.78, 5) is 22.9. The van der Waals surface area contributed by atoms with Gasteiger partial charge in [0.15, 0.2) is 5.96 Å². The summed E-state index contributed by atoms with van der Waals surface area (Å²) in [6.45, 7) is 17.4. The molecule has 0 saturated carbocycles. The number of amides is 1. The lowest BCUT2D eigenvalue weighted by Crippen LogP contribution is -2.45. The second-order valence-electron chi connectivity index (χ2n) is 9.86. The summed E-state index contributed by atoms with van der Waals surface area (Å²) in [5, 5.41) is 6.68. The van der Waals surface area contributed by atoms with Crippen molar-refractivity contribution in [1.82, 2.24) is 20.5 Å². The first kappa shape index (κ1) is 24.0. The molecule has 2 rings (SSSR count). The third kappa shape index (κ3) is 7.88. The molecule has 1 amide bonds. The quantitative estimate of drug-likeness (QED) is 0.557. The molecule has 2 N–H and O–H groups in total. The van der Waals surface area contributed by atoms with Crippen molar-refractivity contribution in [2.75, 3.05) is 26.2 Å². The number of hydrogen-bond donors (Lipinski definition) is 2. The van der Waals surface area contributed by atoms with E-state index < -0.39 is 5.60 Å². The SMILES string of the molecule is CCNC(=NCc1ncc(C(C)(C)C)o1)NCC1CCN(C(=O)OC(C)(C)C)CC1. The highest BCUT2D eigenvalue weighted by Crippen LogP contribution is 2.23. The molecule has 1 aliphatic rings. The highest BCUT2D eigenvalue weighted by molar-refractivity contribution is 5.79. The molecule has 2 heterocycles. The average Bonchev–Trinajstić information content (AvgIpc) is 3.12. The third-order valence-electron chi connectivity index (χ3n) is 4.83. The molecule has 0 bridgehead atoms. The van der Waals surface area contributed by atoms with Gasteiger partial charge in [-0.1, -0.05) is 20.8 Å². The van der Waals surface area contributed by atoms with Crippen molar-refractivity contribution in [2.24, 2.45) is 10.9 Å². The van der Waals surface area contributed by atoms with E-state index in [-0.39, 0.29) is 11.5 Å². The molecule has 170 valence electrons. The lowest BCUT2D eigenvalue weighted by Gasteiger charge is -2.33. The Hall–Kier alpha value is -2.25. The van der Waals surface area contributed by atoms with Crippen LogP contribution in [-0.2, 0) is 16.7 Å². The molecule has 8 heteroatoms. The maximum atomic E-state index is 12.2. The number of aromatic nitrogens is 1. The highest BCUT2D eigenvalue weighted by Gasteiger charge is 2.27. The van der Waals surface area contributed by atoms with E-state index in [0.29, 0.717) is 18.4 Å². The zero-order valence-corrected chi connectivity index (χ0v) is 19.7. The van der Waals surface area contributed by atoms with E-state index in [9.17, 15) is 4.79 Å². The molecule has 8 nitrogen and oxygen atoms in total. The Labute approximate surface area is 180 Å². The van der Waals surface area contributed by atoms with Gasteiger partial charge in [0.1, 0.15) is 17.9 Å². The fourth-order valence-electron chi connectivity index (χ4n) is 3.11. The van der Waals surface area contributed by atoms with Gasteiger partial charge in [0.25, 0.3) is 0 Å². The van der Waals surface area contributed by atoms with E-state index >= 15 is 0 Å². The van der Waals surface area contributed by atoms with Crippen LogP contribution >= 0.6 is 0 Å². The number of likely N-dealkylation sites (tertiary alicyclic amines) is 1. The Balaban J connectivity index is 1.81. The van der Waals surface area contributed by atoms with E-state index in [0.717, 1.165) is 50.7 Å². The Morgan fingerprint density at radius 3 is 2.43 bits per heavy atom. The number of nitrogens with zero attached hydrogens (tertiary/aromatic N) is 3. The molecule has 0 atom stereocenters. The molecule has 1 aromatic heterocycles. The van der Waals surface area contributed by atoms with Crippen LogP contribution in [0.15, 0.2) is 15.6 Å². The Morgan fingerprint density at radius 1 is 1.23 bits per heavy atom. The van der Waals surface area contributed by atoms with Gasteiger partial charge in [-0.2, -0.15) is 0 Å². The van der Waals surface area contributed by atoms with Crippen molar-refractivity contribution in [3.8, 4) is 0 Å². The van der Waals surface area contributed by atoms with Gasteiger partial charge in [-0.25, -0.2) is 14.8 Å². The number of nitrogens with one attached hydrogen (secondary N) is 2. The Bertz CT molecular complexity index is 707. The van der Waals surface area contributed by atoms with E-state index in [1.165, 1.54) is 0 Å². The molecule has 0 unspecified atom stereocenters. The van der Waals surface area contributed by atoms with Crippen LogP contribution < -0.4 is 10.6 Å². The van der Waals surface area contributed by atoms with Gasteiger partial charge in [-0.15, -0.1) is 0 Å². The van der Waals surface area contributed by atoms with Crippen LogP contribution in [0.1, 0.15) is 73.0 Å². The fraction of sp³-hybridized carbons (Fsp3) is 0.773. The van der Waals surface area contributed by atoms with Crippen molar-refractivity contribution in [2.45, 2.75) is 78.9 Å². The van der Waals surface area contributed by atoms with Gasteiger partial charge < -0.3 is 24.7 Å². The molecule has 0 aliphatic carbocycles. The summed E-state index contributed by atoms with van der Waals surface area (Å²) in [5.74, 6) is 2.72. The zero-order chi connectivity index (χ0) is 22.4. The standard InChI is InChI=1S/C22H39N5O3/c1-8-23-19(26-15-18-24-14-17(29-18)21(2,3)4)25-13-16-9-11-27(12-10-16)20(28)30-22(5,6)7/h14,16H,8-13,15H2,1-7H3,(H2,23,25,26). The number of carbonyl (C=O) groups is 1. The Morgan fingerprint density at radius 2 is 1.90 bits per heavy atom. The minimum Gasteiger partial charge on any atom is -0.444 e. The third-order valence-corrected chi connectivity index (χ3v) is 4.83. The van der Waals surface area contributed by atoms with Crippen LogP contribution in [0.2, 0.25) is 0 Å². The molecular weight excluding hydrogens is 382 g/mol. The van der Waals surface area contributed by atoms with E-state index in [1.807, 2.05) is 27.7 Å². The number of oxazole rings is 1. The first-order valence-electron chi connectivity index (χ1n) is 10.9. The van der Waals surface area contributed by atoms with Crippen LogP contribution in [0, 0.1) is 5.92 Å². The first-order chi connectivity index (χ1) is 14.0.